The Morgan fingerprint density at radius 2 is 1.57 bits per heavy atom. The maximum Gasteiger partial charge on any atom is 0.272 e. The van der Waals surface area contributed by atoms with Crippen molar-refractivity contribution in [3.63, 3.8) is 0 Å². The van der Waals surface area contributed by atoms with Gasteiger partial charge in [0.15, 0.2) is 5.13 Å². The van der Waals surface area contributed by atoms with Gasteiger partial charge in [-0.25, -0.2) is 9.37 Å². The van der Waals surface area contributed by atoms with E-state index in [9.17, 15) is 18.8 Å². The number of hydrogen-bond donors (Lipinski definition) is 3. The number of hydrogen-bond acceptors (Lipinski definition) is 6. The third kappa shape index (κ3) is 8.28. The van der Waals surface area contributed by atoms with Gasteiger partial charge in [0.1, 0.15) is 16.8 Å². The molecule has 0 saturated carbocycles. The summed E-state index contributed by atoms with van der Waals surface area (Å²) in [5.74, 6) is -2.25. The van der Waals surface area contributed by atoms with Gasteiger partial charge in [-0.05, 0) is 65.7 Å². The zero-order chi connectivity index (χ0) is 30.9. The van der Waals surface area contributed by atoms with E-state index in [1.807, 2.05) is 30.3 Å². The number of nitrogens with one attached hydrogen (secondary N) is 3. The van der Waals surface area contributed by atoms with Gasteiger partial charge in [-0.2, -0.15) is 0 Å². The molecule has 0 aliphatic carbocycles. The van der Waals surface area contributed by atoms with Crippen molar-refractivity contribution in [2.24, 2.45) is 0 Å². The van der Waals surface area contributed by atoms with Crippen molar-refractivity contribution in [3.8, 4) is 0 Å². The molecule has 0 unspecified atom stereocenters. The van der Waals surface area contributed by atoms with E-state index in [1.54, 1.807) is 66.2 Å². The topological polar surface area (TPSA) is 100 Å². The Hall–Kier alpha value is -4.58. The summed E-state index contributed by atoms with van der Waals surface area (Å²) in [6.07, 6.45) is 3.14. The Kier molecular flexibility index (Phi) is 10.3. The fraction of sp³-hybridized carbons (Fsp3) is 0.0303. The summed E-state index contributed by atoms with van der Waals surface area (Å²) in [7, 11) is 0. The lowest BCUT2D eigenvalue weighted by atomic mass is 10.1. The number of amides is 3. The van der Waals surface area contributed by atoms with Crippen LogP contribution in [0, 0.1) is 5.82 Å². The predicted octanol–water partition coefficient (Wildman–Crippen LogP) is 7.93. The zero-order valence-electron chi connectivity index (χ0n) is 22.9. The molecule has 1 heterocycles. The molecule has 44 heavy (non-hydrogen) atoms. The second-order valence-electron chi connectivity index (χ2n) is 9.26. The highest BCUT2D eigenvalue weighted by Crippen LogP contribution is 2.37. The zero-order valence-corrected chi connectivity index (χ0v) is 26.1. The standard InChI is InChI=1S/C33H24BrFN4O3S2/c34-23-12-10-21(11-13-23)20-28(38-30(40)26-8-4-5-9-27(26)35)31(41)37-24-14-16-25(17-15-24)44-29(22-6-2-1-3-7-22)32(42)39-33-36-18-19-43-33/h1-20,29H,(H,37,41)(H,38,40)(H,36,39,42)/b28-20+/t29-/m1/s1. The van der Waals surface area contributed by atoms with Gasteiger partial charge in [0.25, 0.3) is 11.8 Å². The lowest BCUT2D eigenvalue weighted by Gasteiger charge is -2.16. The van der Waals surface area contributed by atoms with Crippen molar-refractivity contribution in [1.29, 1.82) is 0 Å². The number of thiazole rings is 1. The summed E-state index contributed by atoms with van der Waals surface area (Å²) in [5.41, 5.74) is 1.70. The average Bonchev–Trinajstić information content (AvgIpc) is 3.55. The lowest BCUT2D eigenvalue weighted by molar-refractivity contribution is -0.116. The average molecular weight is 688 g/mol. The van der Waals surface area contributed by atoms with Crippen LogP contribution in [0.15, 0.2) is 130 Å². The molecule has 220 valence electrons. The van der Waals surface area contributed by atoms with Gasteiger partial charge in [-0.1, -0.05) is 70.5 Å². The minimum absolute atomic E-state index is 0.0676. The summed E-state index contributed by atoms with van der Waals surface area (Å²) < 4.78 is 15.1. The van der Waals surface area contributed by atoms with Crippen molar-refractivity contribution in [2.45, 2.75) is 10.1 Å². The Morgan fingerprint density at radius 3 is 2.25 bits per heavy atom. The van der Waals surface area contributed by atoms with Gasteiger partial charge in [0.05, 0.1) is 5.56 Å². The van der Waals surface area contributed by atoms with Crippen LogP contribution >= 0.6 is 39.0 Å². The number of aromatic nitrogens is 1. The summed E-state index contributed by atoms with van der Waals surface area (Å²) >= 11 is 6.08. The molecule has 11 heteroatoms. The number of thioether (sulfide) groups is 1. The Morgan fingerprint density at radius 1 is 0.864 bits per heavy atom. The molecule has 1 atom stereocenters. The van der Waals surface area contributed by atoms with Crippen LogP contribution in [0.3, 0.4) is 0 Å². The first-order chi connectivity index (χ1) is 21.4. The minimum atomic E-state index is -0.753. The molecule has 0 fully saturated rings. The SMILES string of the molecule is O=C(Nc1ccc(S[C@@H](C(=O)Nc2nccs2)c2ccccc2)cc1)/C(=C\c1ccc(Br)cc1)NC(=O)c1ccccc1F. The molecule has 0 aliphatic heterocycles. The molecule has 0 bridgehead atoms. The monoisotopic (exact) mass is 686 g/mol. The first kappa shape index (κ1) is 30.9. The first-order valence-corrected chi connectivity index (χ1v) is 15.8. The fourth-order valence-electron chi connectivity index (χ4n) is 4.03. The van der Waals surface area contributed by atoms with E-state index in [4.69, 9.17) is 0 Å². The molecule has 5 aromatic rings. The van der Waals surface area contributed by atoms with Crippen LogP contribution in [0.4, 0.5) is 15.2 Å². The quantitative estimate of drug-likeness (QED) is 0.102. The van der Waals surface area contributed by atoms with Gasteiger partial charge in [0, 0.05) is 26.6 Å². The number of halogens is 2. The Labute approximate surface area is 269 Å². The molecular formula is C33H24BrFN4O3S2. The molecule has 4 aromatic carbocycles. The highest BCUT2D eigenvalue weighted by molar-refractivity contribution is 9.10. The third-order valence-electron chi connectivity index (χ3n) is 6.16. The van der Waals surface area contributed by atoms with Crippen LogP contribution in [-0.2, 0) is 9.59 Å². The number of nitrogens with zero attached hydrogens (tertiary/aromatic N) is 1. The maximum absolute atomic E-state index is 14.3. The molecular weight excluding hydrogens is 663 g/mol. The molecule has 0 saturated heterocycles. The molecule has 3 amide bonds. The van der Waals surface area contributed by atoms with Crippen LogP contribution in [0.25, 0.3) is 6.08 Å². The maximum atomic E-state index is 14.3. The van der Waals surface area contributed by atoms with Crippen molar-refractivity contribution >= 4 is 73.6 Å². The number of carbonyl (C=O) groups excluding carboxylic acids is 3. The third-order valence-corrected chi connectivity index (χ3v) is 8.64. The predicted molar refractivity (Wildman–Crippen MR) is 177 cm³/mol. The summed E-state index contributed by atoms with van der Waals surface area (Å²) in [6, 6.07) is 29.1. The van der Waals surface area contributed by atoms with Crippen molar-refractivity contribution in [3.05, 3.63) is 147 Å². The highest BCUT2D eigenvalue weighted by atomic mass is 79.9. The van der Waals surface area contributed by atoms with Crippen molar-refractivity contribution in [1.82, 2.24) is 10.3 Å². The van der Waals surface area contributed by atoms with E-state index in [-0.39, 0.29) is 17.2 Å². The van der Waals surface area contributed by atoms with E-state index < -0.39 is 22.9 Å². The molecule has 0 spiro atoms. The molecule has 5 rings (SSSR count). The Bertz CT molecular complexity index is 1780. The van der Waals surface area contributed by atoms with Crippen LogP contribution in [0.1, 0.15) is 26.7 Å². The van der Waals surface area contributed by atoms with Gasteiger partial charge in [-0.15, -0.1) is 23.1 Å². The fourth-order valence-corrected chi connectivity index (χ4v) is 5.85. The molecule has 0 aliphatic rings. The number of rotatable bonds is 10. The number of anilines is 2. The van der Waals surface area contributed by atoms with Gasteiger partial charge in [0.2, 0.25) is 5.91 Å². The first-order valence-electron chi connectivity index (χ1n) is 13.2. The number of carbonyl (C=O) groups is 3. The molecule has 7 nitrogen and oxygen atoms in total. The van der Waals surface area contributed by atoms with Gasteiger partial charge >= 0.3 is 0 Å². The normalized spacial score (nSPS) is 11.8. The summed E-state index contributed by atoms with van der Waals surface area (Å²) in [4.78, 5) is 44.4. The second-order valence-corrected chi connectivity index (χ2v) is 12.2. The van der Waals surface area contributed by atoms with Gasteiger partial charge in [-0.3, -0.25) is 14.4 Å². The van der Waals surface area contributed by atoms with E-state index in [0.29, 0.717) is 16.4 Å². The van der Waals surface area contributed by atoms with Crippen molar-refractivity contribution < 1.29 is 18.8 Å². The smallest absolute Gasteiger partial charge is 0.272 e. The van der Waals surface area contributed by atoms with Crippen LogP contribution in [0.5, 0.6) is 0 Å². The minimum Gasteiger partial charge on any atom is -0.321 e. The lowest BCUT2D eigenvalue weighted by Crippen LogP contribution is -2.31. The van der Waals surface area contributed by atoms with E-state index in [0.717, 1.165) is 14.9 Å². The summed E-state index contributed by atoms with van der Waals surface area (Å²) in [5, 5.41) is 9.97. The summed E-state index contributed by atoms with van der Waals surface area (Å²) in [6.45, 7) is 0. The van der Waals surface area contributed by atoms with E-state index in [2.05, 4.69) is 36.9 Å². The van der Waals surface area contributed by atoms with Crippen LogP contribution in [-0.4, -0.2) is 22.7 Å². The Balaban J connectivity index is 1.33. The highest BCUT2D eigenvalue weighted by Gasteiger charge is 2.23. The number of benzene rings is 4. The van der Waals surface area contributed by atoms with Gasteiger partial charge < -0.3 is 16.0 Å². The molecule has 0 radical (unpaired) electrons. The molecule has 3 N–H and O–H groups in total. The largest absolute Gasteiger partial charge is 0.321 e. The van der Waals surface area contributed by atoms with Crippen LogP contribution < -0.4 is 16.0 Å². The van der Waals surface area contributed by atoms with Crippen molar-refractivity contribution in [2.75, 3.05) is 10.6 Å². The molecule has 1 aromatic heterocycles. The second kappa shape index (κ2) is 14.7. The van der Waals surface area contributed by atoms with E-state index >= 15 is 0 Å². The van der Waals surface area contributed by atoms with Crippen LogP contribution in [0.2, 0.25) is 0 Å². The van der Waals surface area contributed by atoms with E-state index in [1.165, 1.54) is 47.4 Å².